The van der Waals surface area contributed by atoms with Gasteiger partial charge < -0.3 is 5.73 Å². The first-order chi connectivity index (χ1) is 5.25. The van der Waals surface area contributed by atoms with Gasteiger partial charge in [0, 0.05) is 6.20 Å². The topological polar surface area (TPSA) is 38.9 Å². The molecule has 0 aliphatic heterocycles. The summed E-state index contributed by atoms with van der Waals surface area (Å²) in [4.78, 5) is 4.01. The van der Waals surface area contributed by atoms with E-state index in [1.165, 1.54) is 5.56 Å². The summed E-state index contributed by atoms with van der Waals surface area (Å²) in [5.41, 5.74) is 7.71. The van der Waals surface area contributed by atoms with Gasteiger partial charge in [-0.3, -0.25) is 0 Å². The molecule has 0 saturated carbocycles. The molecule has 0 atom stereocenters. The molecule has 60 valence electrons. The highest BCUT2D eigenvalue weighted by molar-refractivity contribution is 9.10. The van der Waals surface area contributed by atoms with Crippen LogP contribution in [0.1, 0.15) is 18.9 Å². The van der Waals surface area contributed by atoms with Gasteiger partial charge in [-0.25, -0.2) is 4.98 Å². The quantitative estimate of drug-likeness (QED) is 0.769. The zero-order valence-electron chi connectivity index (χ0n) is 6.47. The third-order valence-electron chi connectivity index (χ3n) is 1.55. The van der Waals surface area contributed by atoms with Crippen molar-refractivity contribution in [1.82, 2.24) is 4.98 Å². The smallest absolute Gasteiger partial charge is 0.129 e. The molecule has 3 heteroatoms. The standard InChI is InChI=1S/C8H11BrN2/c1-2-3-6-4-5-11-8(9)7(6)10/h4-5H,2-3,10H2,1H3. The fraction of sp³-hybridized carbons (Fsp3) is 0.375. The number of nitrogens with zero attached hydrogens (tertiary/aromatic N) is 1. The highest BCUT2D eigenvalue weighted by Crippen LogP contribution is 2.20. The van der Waals surface area contributed by atoms with Gasteiger partial charge >= 0.3 is 0 Å². The van der Waals surface area contributed by atoms with E-state index in [4.69, 9.17) is 5.73 Å². The molecule has 0 unspecified atom stereocenters. The Morgan fingerprint density at radius 1 is 1.64 bits per heavy atom. The molecule has 1 rings (SSSR count). The van der Waals surface area contributed by atoms with Gasteiger partial charge in [-0.15, -0.1) is 0 Å². The SMILES string of the molecule is CCCc1ccnc(Br)c1N. The monoisotopic (exact) mass is 214 g/mol. The second kappa shape index (κ2) is 3.72. The van der Waals surface area contributed by atoms with Crippen molar-refractivity contribution in [2.24, 2.45) is 0 Å². The third kappa shape index (κ3) is 1.93. The van der Waals surface area contributed by atoms with Crippen molar-refractivity contribution in [3.05, 3.63) is 22.4 Å². The zero-order valence-corrected chi connectivity index (χ0v) is 8.06. The average molecular weight is 215 g/mol. The molecule has 1 heterocycles. The van der Waals surface area contributed by atoms with Crippen molar-refractivity contribution < 1.29 is 0 Å². The van der Waals surface area contributed by atoms with E-state index in [2.05, 4.69) is 27.8 Å². The van der Waals surface area contributed by atoms with E-state index >= 15 is 0 Å². The first-order valence-corrected chi connectivity index (χ1v) is 4.44. The van der Waals surface area contributed by atoms with Gasteiger partial charge in [0.1, 0.15) is 4.60 Å². The Morgan fingerprint density at radius 2 is 2.36 bits per heavy atom. The summed E-state index contributed by atoms with van der Waals surface area (Å²) in [5, 5.41) is 0. The molecule has 1 aromatic heterocycles. The summed E-state index contributed by atoms with van der Waals surface area (Å²) in [5.74, 6) is 0. The van der Waals surface area contributed by atoms with Gasteiger partial charge in [-0.1, -0.05) is 13.3 Å². The number of rotatable bonds is 2. The highest BCUT2D eigenvalue weighted by atomic mass is 79.9. The minimum absolute atomic E-state index is 0.753. The number of hydrogen-bond donors (Lipinski definition) is 1. The average Bonchev–Trinajstić information content (AvgIpc) is 1.99. The maximum Gasteiger partial charge on any atom is 0.129 e. The van der Waals surface area contributed by atoms with Crippen LogP contribution in [0.2, 0.25) is 0 Å². The fourth-order valence-electron chi connectivity index (χ4n) is 0.972. The number of nitrogen functional groups attached to an aromatic ring is 1. The lowest BCUT2D eigenvalue weighted by Crippen LogP contribution is -1.96. The van der Waals surface area contributed by atoms with Crippen LogP contribution < -0.4 is 5.73 Å². The third-order valence-corrected chi connectivity index (χ3v) is 2.18. The van der Waals surface area contributed by atoms with E-state index < -0.39 is 0 Å². The summed E-state index contributed by atoms with van der Waals surface area (Å²) >= 11 is 3.28. The first kappa shape index (κ1) is 8.53. The van der Waals surface area contributed by atoms with Gasteiger partial charge in [-0.05, 0) is 34.0 Å². The largest absolute Gasteiger partial charge is 0.396 e. The van der Waals surface area contributed by atoms with Crippen LogP contribution in [-0.4, -0.2) is 4.98 Å². The number of halogens is 1. The number of aryl methyl sites for hydroxylation is 1. The molecule has 2 nitrogen and oxygen atoms in total. The Morgan fingerprint density at radius 3 is 3.00 bits per heavy atom. The Labute approximate surface area is 75.0 Å². The van der Waals surface area contributed by atoms with Crippen LogP contribution in [0, 0.1) is 0 Å². The molecule has 11 heavy (non-hydrogen) atoms. The number of pyridine rings is 1. The minimum atomic E-state index is 0.753. The number of nitrogens with two attached hydrogens (primary N) is 1. The minimum Gasteiger partial charge on any atom is -0.396 e. The van der Waals surface area contributed by atoms with Crippen molar-refractivity contribution in [3.8, 4) is 0 Å². The van der Waals surface area contributed by atoms with Crippen LogP contribution in [0.25, 0.3) is 0 Å². The lowest BCUT2D eigenvalue weighted by atomic mass is 10.1. The molecule has 0 aliphatic carbocycles. The normalized spacial score (nSPS) is 10.0. The summed E-state index contributed by atoms with van der Waals surface area (Å²) in [6.07, 6.45) is 3.90. The molecule has 0 radical (unpaired) electrons. The second-order valence-corrected chi connectivity index (χ2v) is 3.18. The van der Waals surface area contributed by atoms with Gasteiger partial charge in [0.2, 0.25) is 0 Å². The van der Waals surface area contributed by atoms with Crippen molar-refractivity contribution in [1.29, 1.82) is 0 Å². The number of aromatic nitrogens is 1. The maximum atomic E-state index is 5.76. The van der Waals surface area contributed by atoms with E-state index in [0.717, 1.165) is 23.1 Å². The van der Waals surface area contributed by atoms with Crippen LogP contribution in [0.4, 0.5) is 5.69 Å². The molecule has 0 aromatic carbocycles. The number of anilines is 1. The Balaban J connectivity index is 2.96. The van der Waals surface area contributed by atoms with Gasteiger partial charge in [-0.2, -0.15) is 0 Å². The predicted molar refractivity (Wildman–Crippen MR) is 50.3 cm³/mol. The summed E-state index contributed by atoms with van der Waals surface area (Å²) < 4.78 is 0.753. The van der Waals surface area contributed by atoms with E-state index in [9.17, 15) is 0 Å². The molecule has 0 spiro atoms. The molecule has 0 bridgehead atoms. The molecule has 0 saturated heterocycles. The van der Waals surface area contributed by atoms with Crippen LogP contribution >= 0.6 is 15.9 Å². The number of hydrogen-bond acceptors (Lipinski definition) is 2. The Bertz CT molecular complexity index is 248. The van der Waals surface area contributed by atoms with Gasteiger partial charge in [0.05, 0.1) is 5.69 Å². The Hall–Kier alpha value is -0.570. The molecule has 1 aromatic rings. The van der Waals surface area contributed by atoms with E-state index in [1.54, 1.807) is 6.20 Å². The van der Waals surface area contributed by atoms with Crippen LogP contribution in [0.15, 0.2) is 16.9 Å². The van der Waals surface area contributed by atoms with E-state index in [0.29, 0.717) is 0 Å². The fourth-order valence-corrected chi connectivity index (χ4v) is 1.34. The van der Waals surface area contributed by atoms with E-state index in [-0.39, 0.29) is 0 Å². The molecule has 0 fully saturated rings. The Kier molecular flexibility index (Phi) is 2.88. The maximum absolute atomic E-state index is 5.76. The summed E-state index contributed by atoms with van der Waals surface area (Å²) in [6.45, 7) is 2.13. The second-order valence-electron chi connectivity index (χ2n) is 2.42. The zero-order chi connectivity index (χ0) is 8.27. The van der Waals surface area contributed by atoms with Crippen LogP contribution in [-0.2, 0) is 6.42 Å². The van der Waals surface area contributed by atoms with Crippen molar-refractivity contribution in [2.45, 2.75) is 19.8 Å². The molecule has 0 amide bonds. The summed E-state index contributed by atoms with van der Waals surface area (Å²) in [7, 11) is 0. The lowest BCUT2D eigenvalue weighted by Gasteiger charge is -2.03. The summed E-state index contributed by atoms with van der Waals surface area (Å²) in [6, 6.07) is 1.96. The molecule has 0 aliphatic rings. The molecular weight excluding hydrogens is 204 g/mol. The predicted octanol–water partition coefficient (Wildman–Crippen LogP) is 2.38. The van der Waals surface area contributed by atoms with Crippen molar-refractivity contribution in [3.63, 3.8) is 0 Å². The van der Waals surface area contributed by atoms with Crippen LogP contribution in [0.3, 0.4) is 0 Å². The molecular formula is C8H11BrN2. The van der Waals surface area contributed by atoms with Crippen molar-refractivity contribution in [2.75, 3.05) is 5.73 Å². The van der Waals surface area contributed by atoms with Crippen LogP contribution in [0.5, 0.6) is 0 Å². The lowest BCUT2D eigenvalue weighted by molar-refractivity contribution is 0.919. The first-order valence-electron chi connectivity index (χ1n) is 3.64. The van der Waals surface area contributed by atoms with Gasteiger partial charge in [0.15, 0.2) is 0 Å². The highest BCUT2D eigenvalue weighted by Gasteiger charge is 2.01. The molecule has 2 N–H and O–H groups in total. The van der Waals surface area contributed by atoms with E-state index in [1.807, 2.05) is 6.07 Å². The van der Waals surface area contributed by atoms with Gasteiger partial charge in [0.25, 0.3) is 0 Å². The van der Waals surface area contributed by atoms with Crippen molar-refractivity contribution >= 4 is 21.6 Å².